The Morgan fingerprint density at radius 2 is 0.465 bits per heavy atom. The minimum Gasteiger partial charge on any atom is -0.462 e. The lowest BCUT2D eigenvalue weighted by atomic mass is 10.0. The molecule has 0 amide bonds. The number of esters is 4. The van der Waals surface area contributed by atoms with Gasteiger partial charge in [-0.15, -0.1) is 0 Å². The van der Waals surface area contributed by atoms with Crippen molar-refractivity contribution in [1.82, 2.24) is 0 Å². The molecule has 17 nitrogen and oxygen atoms in total. The minimum absolute atomic E-state index is 0.107. The van der Waals surface area contributed by atoms with Gasteiger partial charge in [-0.3, -0.25) is 37.3 Å². The molecule has 0 saturated heterocycles. The number of hydrogen-bond acceptors (Lipinski definition) is 15. The van der Waals surface area contributed by atoms with Gasteiger partial charge in [0.25, 0.3) is 0 Å². The Hall–Kier alpha value is -1.94. The molecule has 0 aromatic rings. The zero-order valence-electron chi connectivity index (χ0n) is 65.0. The number of unbranched alkanes of at least 4 members (excludes halogenated alkanes) is 46. The normalized spacial score (nSPS) is 14.0. The summed E-state index contributed by atoms with van der Waals surface area (Å²) in [5.41, 5.74) is 0. The smallest absolute Gasteiger partial charge is 0.462 e. The van der Waals surface area contributed by atoms with E-state index in [4.69, 9.17) is 37.0 Å². The second-order valence-corrected chi connectivity index (χ2v) is 33.1. The van der Waals surface area contributed by atoms with Gasteiger partial charge in [-0.05, 0) is 43.4 Å². The number of aliphatic hydroxyl groups excluding tert-OH is 1. The molecule has 0 radical (unpaired) electrons. The summed E-state index contributed by atoms with van der Waals surface area (Å²) in [7, 11) is -9.92. The van der Waals surface area contributed by atoms with Gasteiger partial charge < -0.3 is 33.8 Å². The van der Waals surface area contributed by atoms with Gasteiger partial charge >= 0.3 is 39.5 Å². The summed E-state index contributed by atoms with van der Waals surface area (Å²) in [5, 5.41) is 10.6. The highest BCUT2D eigenvalue weighted by Gasteiger charge is 2.30. The quantitative estimate of drug-likeness (QED) is 0.0222. The summed E-state index contributed by atoms with van der Waals surface area (Å²) in [6.45, 7) is 12.0. The fourth-order valence-electron chi connectivity index (χ4n) is 12.3. The molecular weight excluding hydrogens is 1290 g/mol. The van der Waals surface area contributed by atoms with Crippen LogP contribution in [0.2, 0.25) is 0 Å². The van der Waals surface area contributed by atoms with E-state index in [2.05, 4.69) is 48.5 Å². The fourth-order valence-corrected chi connectivity index (χ4v) is 13.9. The molecule has 2 unspecified atom stereocenters. The van der Waals surface area contributed by atoms with Crippen LogP contribution in [0.4, 0.5) is 0 Å². The summed E-state index contributed by atoms with van der Waals surface area (Å²) in [6, 6.07) is 0. The van der Waals surface area contributed by atoms with Crippen molar-refractivity contribution < 1.29 is 80.2 Å². The van der Waals surface area contributed by atoms with Gasteiger partial charge in [-0.2, -0.15) is 0 Å². The highest BCUT2D eigenvalue weighted by molar-refractivity contribution is 7.47. The molecule has 0 fully saturated rings. The zero-order chi connectivity index (χ0) is 73.0. The van der Waals surface area contributed by atoms with Crippen LogP contribution in [0, 0.1) is 17.8 Å². The zero-order valence-corrected chi connectivity index (χ0v) is 66.8. The van der Waals surface area contributed by atoms with Crippen LogP contribution in [0.3, 0.4) is 0 Å². The average molecular weight is 1450 g/mol. The summed E-state index contributed by atoms with van der Waals surface area (Å²) >= 11 is 0. The van der Waals surface area contributed by atoms with Gasteiger partial charge in [0.15, 0.2) is 12.2 Å². The first-order valence-electron chi connectivity index (χ1n) is 41.3. The second kappa shape index (κ2) is 70.4. The SMILES string of the molecule is CCCCCCCCCCCCCCCCCC(=O)O[C@H](COC(=O)CCCCCCCCCCCC(C)C)COP(=O)(O)OC[C@H](O)COP(=O)(O)OC[C@@H](COC(=O)CCCCCCCCCCCCCCC(C)C)OC(=O)CCCCCCCCCCCCCCCCC(C)C. The van der Waals surface area contributed by atoms with Gasteiger partial charge in [0.05, 0.1) is 26.4 Å². The van der Waals surface area contributed by atoms with Crippen molar-refractivity contribution >= 4 is 39.5 Å². The van der Waals surface area contributed by atoms with E-state index in [1.807, 2.05) is 0 Å². The van der Waals surface area contributed by atoms with Crippen LogP contribution in [0.1, 0.15) is 414 Å². The molecule has 5 atom stereocenters. The predicted octanol–water partition coefficient (Wildman–Crippen LogP) is 23.7. The topological polar surface area (TPSA) is 237 Å². The third-order valence-electron chi connectivity index (χ3n) is 18.6. The molecule has 0 aromatic carbocycles. The van der Waals surface area contributed by atoms with E-state index < -0.39 is 97.5 Å². The predicted molar refractivity (Wildman–Crippen MR) is 405 cm³/mol. The maximum absolute atomic E-state index is 13.1. The number of hydrogen-bond donors (Lipinski definition) is 3. The Morgan fingerprint density at radius 1 is 0.273 bits per heavy atom. The monoisotopic (exact) mass is 1450 g/mol. The van der Waals surface area contributed by atoms with Crippen LogP contribution in [0.25, 0.3) is 0 Å². The highest BCUT2D eigenvalue weighted by atomic mass is 31.2. The maximum atomic E-state index is 13.1. The van der Waals surface area contributed by atoms with Crippen LogP contribution in [0.15, 0.2) is 0 Å². The van der Waals surface area contributed by atoms with Crippen molar-refractivity contribution in [3.8, 4) is 0 Å². The highest BCUT2D eigenvalue weighted by Crippen LogP contribution is 2.45. The molecule has 0 spiro atoms. The molecular formula is C80H156O17P2. The van der Waals surface area contributed by atoms with Gasteiger partial charge in [-0.25, -0.2) is 9.13 Å². The molecule has 0 aliphatic heterocycles. The third kappa shape index (κ3) is 74.1. The molecule has 588 valence electrons. The lowest BCUT2D eigenvalue weighted by Gasteiger charge is -2.21. The molecule has 0 heterocycles. The first kappa shape index (κ1) is 97.1. The number of aliphatic hydroxyl groups is 1. The number of ether oxygens (including phenoxy) is 4. The molecule has 0 aliphatic carbocycles. The Bertz CT molecular complexity index is 1920. The van der Waals surface area contributed by atoms with Crippen molar-refractivity contribution in [3.63, 3.8) is 0 Å². The molecule has 0 bridgehead atoms. The van der Waals surface area contributed by atoms with Crippen molar-refractivity contribution in [1.29, 1.82) is 0 Å². The summed E-state index contributed by atoms with van der Waals surface area (Å²) in [6.07, 6.45) is 58.1. The van der Waals surface area contributed by atoms with Gasteiger partial charge in [0.2, 0.25) is 0 Å². The van der Waals surface area contributed by atoms with Gasteiger partial charge in [-0.1, -0.05) is 363 Å². The first-order valence-corrected chi connectivity index (χ1v) is 44.3. The van der Waals surface area contributed by atoms with E-state index in [9.17, 15) is 43.2 Å². The van der Waals surface area contributed by atoms with E-state index in [0.717, 1.165) is 108 Å². The summed E-state index contributed by atoms with van der Waals surface area (Å²) in [4.78, 5) is 73.0. The Morgan fingerprint density at radius 3 is 0.687 bits per heavy atom. The van der Waals surface area contributed by atoms with E-state index in [-0.39, 0.29) is 25.7 Å². The van der Waals surface area contributed by atoms with Crippen LogP contribution in [-0.2, 0) is 65.4 Å². The molecule has 0 aliphatic rings. The van der Waals surface area contributed by atoms with E-state index >= 15 is 0 Å². The molecule has 19 heteroatoms. The molecule has 99 heavy (non-hydrogen) atoms. The summed E-state index contributed by atoms with van der Waals surface area (Å²) in [5.74, 6) is 0.211. The molecule has 3 N–H and O–H groups in total. The first-order chi connectivity index (χ1) is 47.7. The molecule has 0 aromatic heterocycles. The van der Waals surface area contributed by atoms with Gasteiger partial charge in [0, 0.05) is 25.7 Å². The van der Waals surface area contributed by atoms with Crippen molar-refractivity contribution in [3.05, 3.63) is 0 Å². The van der Waals surface area contributed by atoms with Crippen LogP contribution < -0.4 is 0 Å². The van der Waals surface area contributed by atoms with E-state index in [1.54, 1.807) is 0 Å². The van der Waals surface area contributed by atoms with Crippen LogP contribution in [0.5, 0.6) is 0 Å². The number of rotatable bonds is 78. The lowest BCUT2D eigenvalue weighted by molar-refractivity contribution is -0.161. The number of phosphoric ester groups is 2. The van der Waals surface area contributed by atoms with Crippen LogP contribution >= 0.6 is 15.6 Å². The fraction of sp³-hybridized carbons (Fsp3) is 0.950. The number of carbonyl (C=O) groups excluding carboxylic acids is 4. The third-order valence-corrected chi connectivity index (χ3v) is 20.5. The molecule has 0 rings (SSSR count). The minimum atomic E-state index is -4.96. The van der Waals surface area contributed by atoms with Crippen LogP contribution in [-0.4, -0.2) is 96.7 Å². The maximum Gasteiger partial charge on any atom is 0.472 e. The Labute approximate surface area is 607 Å². The van der Waals surface area contributed by atoms with E-state index in [0.29, 0.717) is 25.7 Å². The van der Waals surface area contributed by atoms with Crippen molar-refractivity contribution in [2.24, 2.45) is 17.8 Å². The van der Waals surface area contributed by atoms with E-state index in [1.165, 1.54) is 225 Å². The van der Waals surface area contributed by atoms with Crippen molar-refractivity contribution in [2.75, 3.05) is 39.6 Å². The van der Waals surface area contributed by atoms with Gasteiger partial charge in [0.1, 0.15) is 19.3 Å². The molecule has 0 saturated carbocycles. The average Bonchev–Trinajstić information content (AvgIpc) is 1.46. The second-order valence-electron chi connectivity index (χ2n) is 30.2. The Balaban J connectivity index is 5.27. The van der Waals surface area contributed by atoms with Crippen molar-refractivity contribution in [2.45, 2.75) is 433 Å². The standard InChI is InChI=1S/C80H156O17P2/c1-8-9-10-11-12-13-14-15-16-20-27-34-42-49-56-63-79(84)97-76(68-91-78(83)62-55-48-41-36-29-32-39-46-53-60-73(6)7)70-95-99(88,89)93-66-74(81)65-92-98(86,87)94-69-75(67-90-77(82)61-54-47-40-33-26-23-22-25-31-38-45-52-59-72(4)5)96-80(85)64-57-50-43-35-28-21-18-17-19-24-30-37-44-51-58-71(2)3/h71-76,81H,8-70H2,1-7H3,(H,86,87)(H,88,89)/t74-,75-,76-/m1/s1. The summed E-state index contributed by atoms with van der Waals surface area (Å²) < 4.78 is 68.7. The largest absolute Gasteiger partial charge is 0.472 e. The Kier molecular flexibility index (Phi) is 69.0. The number of carbonyl (C=O) groups is 4. The lowest BCUT2D eigenvalue weighted by Crippen LogP contribution is -2.30. The number of phosphoric acid groups is 2.